The number of hydrogen-bond acceptors (Lipinski definition) is 4. The summed E-state index contributed by atoms with van der Waals surface area (Å²) in [5.74, 6) is 1.47. The first-order valence-electron chi connectivity index (χ1n) is 7.46. The minimum Gasteiger partial charge on any atom is -0.493 e. The summed E-state index contributed by atoms with van der Waals surface area (Å²) in [6.45, 7) is 3.38. The summed E-state index contributed by atoms with van der Waals surface area (Å²) in [7, 11) is 1.65. The Bertz CT molecular complexity index is 459. The first-order chi connectivity index (χ1) is 10.1. The highest BCUT2D eigenvalue weighted by Gasteiger charge is 2.18. The van der Waals surface area contributed by atoms with E-state index in [1.165, 1.54) is 6.42 Å². The van der Waals surface area contributed by atoms with Crippen molar-refractivity contribution in [1.82, 2.24) is 0 Å². The lowest BCUT2D eigenvalue weighted by Gasteiger charge is -2.23. The van der Waals surface area contributed by atoms with Gasteiger partial charge in [0, 0.05) is 12.6 Å². The zero-order chi connectivity index (χ0) is 15.2. The molecule has 0 aromatic heterocycles. The van der Waals surface area contributed by atoms with Crippen molar-refractivity contribution < 1.29 is 14.2 Å². The molecule has 4 nitrogen and oxygen atoms in total. The van der Waals surface area contributed by atoms with Gasteiger partial charge in [-0.1, -0.05) is 0 Å². The Morgan fingerprint density at radius 1 is 1.43 bits per heavy atom. The SMILES string of the molecule is COc1cc(CC(C)N)cc(Br)c1OCC1CCCCO1. The molecule has 1 aliphatic rings. The summed E-state index contributed by atoms with van der Waals surface area (Å²) >= 11 is 3.57. The van der Waals surface area contributed by atoms with E-state index in [0.29, 0.717) is 6.61 Å². The molecule has 1 heterocycles. The lowest BCUT2D eigenvalue weighted by Crippen LogP contribution is -2.26. The van der Waals surface area contributed by atoms with E-state index in [1.54, 1.807) is 7.11 Å². The molecule has 1 fully saturated rings. The minimum atomic E-state index is 0.115. The van der Waals surface area contributed by atoms with Crippen LogP contribution < -0.4 is 15.2 Å². The van der Waals surface area contributed by atoms with E-state index in [9.17, 15) is 0 Å². The summed E-state index contributed by atoms with van der Waals surface area (Å²) in [6, 6.07) is 4.15. The fraction of sp³-hybridized carbons (Fsp3) is 0.625. The number of methoxy groups -OCH3 is 1. The van der Waals surface area contributed by atoms with Crippen molar-refractivity contribution in [1.29, 1.82) is 0 Å². The van der Waals surface area contributed by atoms with Gasteiger partial charge in [-0.15, -0.1) is 0 Å². The van der Waals surface area contributed by atoms with Gasteiger partial charge in [0.1, 0.15) is 6.61 Å². The third-order valence-corrected chi connectivity index (χ3v) is 4.12. The van der Waals surface area contributed by atoms with E-state index in [1.807, 2.05) is 19.1 Å². The summed E-state index contributed by atoms with van der Waals surface area (Å²) in [5.41, 5.74) is 6.99. The Hall–Kier alpha value is -0.780. The molecule has 118 valence electrons. The van der Waals surface area contributed by atoms with Gasteiger partial charge in [-0.2, -0.15) is 0 Å². The van der Waals surface area contributed by atoms with Crippen molar-refractivity contribution in [2.24, 2.45) is 5.73 Å². The molecule has 0 saturated carbocycles. The Balaban J connectivity index is 2.06. The standard InChI is InChI=1S/C16H24BrNO3/c1-11(18)7-12-8-14(17)16(15(9-12)19-2)21-10-13-5-3-4-6-20-13/h8-9,11,13H,3-7,10,18H2,1-2H3. The molecule has 0 aliphatic carbocycles. The van der Waals surface area contributed by atoms with Crippen molar-refractivity contribution in [3.8, 4) is 11.5 Å². The van der Waals surface area contributed by atoms with Gasteiger partial charge < -0.3 is 19.9 Å². The van der Waals surface area contributed by atoms with Crippen LogP contribution in [0.4, 0.5) is 0 Å². The maximum Gasteiger partial charge on any atom is 0.175 e. The van der Waals surface area contributed by atoms with E-state index in [-0.39, 0.29) is 12.1 Å². The van der Waals surface area contributed by atoms with Crippen LogP contribution >= 0.6 is 15.9 Å². The monoisotopic (exact) mass is 357 g/mol. The van der Waals surface area contributed by atoms with Crippen LogP contribution in [0.3, 0.4) is 0 Å². The molecule has 2 unspecified atom stereocenters. The van der Waals surface area contributed by atoms with E-state index in [0.717, 1.165) is 47.4 Å². The van der Waals surface area contributed by atoms with Crippen LogP contribution in [-0.4, -0.2) is 32.5 Å². The number of ether oxygens (including phenoxy) is 3. The van der Waals surface area contributed by atoms with E-state index in [2.05, 4.69) is 15.9 Å². The number of nitrogens with two attached hydrogens (primary N) is 1. The second-order valence-electron chi connectivity index (χ2n) is 5.59. The maximum absolute atomic E-state index is 5.93. The first-order valence-corrected chi connectivity index (χ1v) is 8.26. The molecule has 0 bridgehead atoms. The fourth-order valence-electron chi connectivity index (χ4n) is 2.52. The minimum absolute atomic E-state index is 0.115. The second-order valence-corrected chi connectivity index (χ2v) is 6.44. The van der Waals surface area contributed by atoms with Crippen molar-refractivity contribution in [3.05, 3.63) is 22.2 Å². The predicted octanol–water partition coefficient (Wildman–Crippen LogP) is 3.30. The number of rotatable bonds is 6. The summed E-state index contributed by atoms with van der Waals surface area (Å²) < 4.78 is 18.0. The molecule has 1 aliphatic heterocycles. The van der Waals surface area contributed by atoms with Gasteiger partial charge in [-0.25, -0.2) is 0 Å². The van der Waals surface area contributed by atoms with Crippen LogP contribution in [0.15, 0.2) is 16.6 Å². The van der Waals surface area contributed by atoms with Crippen molar-refractivity contribution in [2.75, 3.05) is 20.3 Å². The molecule has 2 rings (SSSR count). The zero-order valence-electron chi connectivity index (χ0n) is 12.7. The van der Waals surface area contributed by atoms with E-state index < -0.39 is 0 Å². The van der Waals surface area contributed by atoms with Crippen LogP contribution in [0.5, 0.6) is 11.5 Å². The Morgan fingerprint density at radius 2 is 2.24 bits per heavy atom. The second kappa shape index (κ2) is 8.01. The highest BCUT2D eigenvalue weighted by atomic mass is 79.9. The summed E-state index contributed by atoms with van der Waals surface area (Å²) in [4.78, 5) is 0. The van der Waals surface area contributed by atoms with E-state index in [4.69, 9.17) is 19.9 Å². The molecular formula is C16H24BrNO3. The van der Waals surface area contributed by atoms with Gasteiger partial charge in [-0.3, -0.25) is 0 Å². The topological polar surface area (TPSA) is 53.7 Å². The predicted molar refractivity (Wildman–Crippen MR) is 87.1 cm³/mol. The molecule has 21 heavy (non-hydrogen) atoms. The largest absolute Gasteiger partial charge is 0.493 e. The van der Waals surface area contributed by atoms with Gasteiger partial charge >= 0.3 is 0 Å². The third kappa shape index (κ3) is 4.87. The lowest BCUT2D eigenvalue weighted by molar-refractivity contribution is -0.0116. The average molecular weight is 358 g/mol. The molecule has 0 amide bonds. The van der Waals surface area contributed by atoms with Crippen LogP contribution in [0.1, 0.15) is 31.7 Å². The molecule has 1 saturated heterocycles. The Labute approximate surface area is 135 Å². The average Bonchev–Trinajstić information content (AvgIpc) is 2.46. The van der Waals surface area contributed by atoms with Gasteiger partial charge in [0.2, 0.25) is 0 Å². The normalized spacial score (nSPS) is 20.1. The molecule has 1 aromatic rings. The van der Waals surface area contributed by atoms with Crippen molar-refractivity contribution in [2.45, 2.75) is 44.8 Å². The van der Waals surface area contributed by atoms with Gasteiger partial charge in [0.25, 0.3) is 0 Å². The van der Waals surface area contributed by atoms with Crippen LogP contribution in [0, 0.1) is 0 Å². The Kier molecular flexibility index (Phi) is 6.33. The highest BCUT2D eigenvalue weighted by Crippen LogP contribution is 2.37. The van der Waals surface area contributed by atoms with Gasteiger partial charge in [0.05, 0.1) is 17.7 Å². The van der Waals surface area contributed by atoms with E-state index >= 15 is 0 Å². The number of halogens is 1. The summed E-state index contributed by atoms with van der Waals surface area (Å²) in [5, 5.41) is 0. The molecule has 0 spiro atoms. The first kappa shape index (κ1) is 16.6. The smallest absolute Gasteiger partial charge is 0.175 e. The number of benzene rings is 1. The summed E-state index contributed by atoms with van der Waals surface area (Å²) in [6.07, 6.45) is 4.40. The molecule has 2 N–H and O–H groups in total. The van der Waals surface area contributed by atoms with Gasteiger partial charge in [0.15, 0.2) is 11.5 Å². The quantitative estimate of drug-likeness (QED) is 0.848. The van der Waals surface area contributed by atoms with Crippen LogP contribution in [0.25, 0.3) is 0 Å². The maximum atomic E-state index is 5.93. The van der Waals surface area contributed by atoms with Crippen molar-refractivity contribution in [3.63, 3.8) is 0 Å². The molecule has 0 radical (unpaired) electrons. The highest BCUT2D eigenvalue weighted by molar-refractivity contribution is 9.10. The Morgan fingerprint density at radius 3 is 2.86 bits per heavy atom. The van der Waals surface area contributed by atoms with Crippen molar-refractivity contribution >= 4 is 15.9 Å². The third-order valence-electron chi connectivity index (χ3n) is 3.53. The molecule has 1 aromatic carbocycles. The van der Waals surface area contributed by atoms with Crippen LogP contribution in [-0.2, 0) is 11.2 Å². The molecular weight excluding hydrogens is 334 g/mol. The number of hydrogen-bond donors (Lipinski definition) is 1. The zero-order valence-corrected chi connectivity index (χ0v) is 14.3. The van der Waals surface area contributed by atoms with Gasteiger partial charge in [-0.05, 0) is 66.2 Å². The molecule has 2 atom stereocenters. The lowest BCUT2D eigenvalue weighted by atomic mass is 10.1. The van der Waals surface area contributed by atoms with Crippen LogP contribution in [0.2, 0.25) is 0 Å². The fourth-order valence-corrected chi connectivity index (χ4v) is 3.12. The molecule has 5 heteroatoms.